The van der Waals surface area contributed by atoms with Gasteiger partial charge in [0.05, 0.1) is 6.54 Å². The largest absolute Gasteiger partial charge is 0.452 e. The van der Waals surface area contributed by atoms with Gasteiger partial charge in [0.15, 0.2) is 6.10 Å². The molecule has 4 rings (SSSR count). The monoisotopic (exact) mass is 311 g/mol. The summed E-state index contributed by atoms with van der Waals surface area (Å²) in [6.45, 7) is 0.533. The van der Waals surface area contributed by atoms with Crippen LogP contribution in [0.2, 0.25) is 0 Å². The quantitative estimate of drug-likeness (QED) is 0.584. The van der Waals surface area contributed by atoms with Gasteiger partial charge in [-0.25, -0.2) is 0 Å². The highest BCUT2D eigenvalue weighted by atomic mass is 32.1. The number of rotatable bonds is 2. The van der Waals surface area contributed by atoms with Gasteiger partial charge >= 0.3 is 5.97 Å². The smallest absolute Gasteiger partial charge is 0.320 e. The maximum atomic E-state index is 12.5. The van der Waals surface area contributed by atoms with E-state index in [9.17, 15) is 9.59 Å². The molecular formula is C17H13NO3S. The minimum atomic E-state index is -0.733. The predicted octanol–water partition coefficient (Wildman–Crippen LogP) is 2.75. The van der Waals surface area contributed by atoms with Crippen LogP contribution in [0.1, 0.15) is 10.4 Å². The van der Waals surface area contributed by atoms with E-state index in [4.69, 9.17) is 4.74 Å². The van der Waals surface area contributed by atoms with Crippen molar-refractivity contribution in [2.75, 3.05) is 13.1 Å². The molecule has 110 valence electrons. The molecule has 22 heavy (non-hydrogen) atoms. The summed E-state index contributed by atoms with van der Waals surface area (Å²) in [5.41, 5.74) is 0.581. The number of carbonyl (C=O) groups excluding carboxylic acids is 2. The van der Waals surface area contributed by atoms with Crippen LogP contribution >= 0.6 is 11.3 Å². The molecule has 1 atom stereocenters. The molecule has 1 N–H and O–H groups in total. The third-order valence-corrected chi connectivity index (χ3v) is 4.98. The lowest BCUT2D eigenvalue weighted by atomic mass is 10.0. The van der Waals surface area contributed by atoms with Crippen molar-refractivity contribution >= 4 is 43.3 Å². The van der Waals surface area contributed by atoms with Crippen LogP contribution in [0, 0.1) is 0 Å². The normalized spacial score (nSPS) is 18.5. The zero-order chi connectivity index (χ0) is 15.1. The summed E-state index contributed by atoms with van der Waals surface area (Å²) in [6, 6.07) is 13.8. The van der Waals surface area contributed by atoms with E-state index in [1.165, 1.54) is 4.70 Å². The summed E-state index contributed by atoms with van der Waals surface area (Å²) in [5, 5.41) is 5.12. The number of ether oxygens (including phenoxy) is 1. The van der Waals surface area contributed by atoms with Crippen molar-refractivity contribution in [1.82, 2.24) is 5.32 Å². The van der Waals surface area contributed by atoms with Gasteiger partial charge in [-0.2, -0.15) is 0 Å². The van der Waals surface area contributed by atoms with E-state index in [0.717, 1.165) is 15.5 Å². The summed E-state index contributed by atoms with van der Waals surface area (Å²) in [4.78, 5) is 23.9. The van der Waals surface area contributed by atoms with Gasteiger partial charge in [-0.15, -0.1) is 11.3 Å². The highest BCUT2D eigenvalue weighted by Gasteiger charge is 2.27. The first-order valence-corrected chi connectivity index (χ1v) is 7.90. The average molecular weight is 311 g/mol. The molecule has 0 amide bonds. The Morgan fingerprint density at radius 1 is 1.14 bits per heavy atom. The van der Waals surface area contributed by atoms with Crippen molar-refractivity contribution in [2.24, 2.45) is 0 Å². The van der Waals surface area contributed by atoms with E-state index in [2.05, 4.69) is 17.4 Å². The fourth-order valence-corrected chi connectivity index (χ4v) is 3.85. The first-order valence-electron chi connectivity index (χ1n) is 7.08. The first kappa shape index (κ1) is 13.4. The highest BCUT2D eigenvalue weighted by molar-refractivity contribution is 7.25. The first-order chi connectivity index (χ1) is 10.7. The lowest BCUT2D eigenvalue weighted by Crippen LogP contribution is -2.45. The summed E-state index contributed by atoms with van der Waals surface area (Å²) < 4.78 is 7.49. The SMILES string of the molecule is O=C1CNCC(C(=O)c2ccc3sc4ccccc4c3c2)O1. The summed E-state index contributed by atoms with van der Waals surface area (Å²) in [7, 11) is 0. The second-order valence-corrected chi connectivity index (χ2v) is 6.37. The van der Waals surface area contributed by atoms with Gasteiger partial charge in [0.1, 0.15) is 0 Å². The Morgan fingerprint density at radius 2 is 1.95 bits per heavy atom. The van der Waals surface area contributed by atoms with Gasteiger partial charge in [-0.1, -0.05) is 18.2 Å². The van der Waals surface area contributed by atoms with Crippen molar-refractivity contribution < 1.29 is 14.3 Å². The molecule has 1 aromatic heterocycles. The second kappa shape index (κ2) is 5.19. The Bertz CT molecular complexity index is 899. The number of Topliss-reactive ketones (excluding diaryl/α,β-unsaturated/α-hetero) is 1. The minimum absolute atomic E-state index is 0.155. The molecule has 0 spiro atoms. The number of esters is 1. The molecule has 0 bridgehead atoms. The van der Waals surface area contributed by atoms with E-state index in [-0.39, 0.29) is 18.3 Å². The molecule has 2 aromatic carbocycles. The lowest BCUT2D eigenvalue weighted by Gasteiger charge is -2.22. The number of morpholine rings is 1. The Kier molecular flexibility index (Phi) is 3.17. The molecule has 0 radical (unpaired) electrons. The van der Waals surface area contributed by atoms with Crippen LogP contribution in [0.4, 0.5) is 0 Å². The Labute approximate surface area is 130 Å². The average Bonchev–Trinajstić information content (AvgIpc) is 2.92. The van der Waals surface area contributed by atoms with Crippen LogP contribution in [-0.4, -0.2) is 30.9 Å². The number of carbonyl (C=O) groups is 2. The number of fused-ring (bicyclic) bond motifs is 3. The maximum Gasteiger partial charge on any atom is 0.320 e. The molecule has 0 aliphatic carbocycles. The van der Waals surface area contributed by atoms with Crippen molar-refractivity contribution in [2.45, 2.75) is 6.10 Å². The Balaban J connectivity index is 1.77. The molecule has 1 aliphatic heterocycles. The van der Waals surface area contributed by atoms with Crippen LogP contribution in [0.3, 0.4) is 0 Å². The van der Waals surface area contributed by atoms with E-state index in [0.29, 0.717) is 12.1 Å². The maximum absolute atomic E-state index is 12.5. The van der Waals surface area contributed by atoms with Gasteiger partial charge in [0.2, 0.25) is 5.78 Å². The zero-order valence-electron chi connectivity index (χ0n) is 11.7. The zero-order valence-corrected chi connectivity index (χ0v) is 12.5. The highest BCUT2D eigenvalue weighted by Crippen LogP contribution is 2.34. The number of benzene rings is 2. The van der Waals surface area contributed by atoms with Crippen molar-refractivity contribution in [3.63, 3.8) is 0 Å². The molecule has 1 aliphatic rings. The van der Waals surface area contributed by atoms with Crippen LogP contribution in [0.5, 0.6) is 0 Å². The molecule has 1 fully saturated rings. The molecule has 2 heterocycles. The molecular weight excluding hydrogens is 298 g/mol. The Hall–Kier alpha value is -2.24. The van der Waals surface area contributed by atoms with Crippen molar-refractivity contribution in [1.29, 1.82) is 0 Å². The topological polar surface area (TPSA) is 55.4 Å². The number of hydrogen-bond donors (Lipinski definition) is 1. The molecule has 0 saturated carbocycles. The van der Waals surface area contributed by atoms with E-state index in [1.807, 2.05) is 30.3 Å². The standard InChI is InChI=1S/C17H13NO3S/c19-16-9-18-8-13(21-16)17(20)10-5-6-15-12(7-10)11-3-1-2-4-14(11)22-15/h1-7,13,18H,8-9H2. The fourth-order valence-electron chi connectivity index (χ4n) is 2.76. The number of cyclic esters (lactones) is 1. The van der Waals surface area contributed by atoms with Gasteiger partial charge in [0.25, 0.3) is 0 Å². The summed E-state index contributed by atoms with van der Waals surface area (Å²) in [5.74, 6) is -0.538. The van der Waals surface area contributed by atoms with E-state index >= 15 is 0 Å². The molecule has 1 unspecified atom stereocenters. The van der Waals surface area contributed by atoms with Crippen LogP contribution < -0.4 is 5.32 Å². The van der Waals surface area contributed by atoms with Crippen LogP contribution in [0.15, 0.2) is 42.5 Å². The molecule has 1 saturated heterocycles. The summed E-state index contributed by atoms with van der Waals surface area (Å²) in [6.07, 6.45) is -0.733. The van der Waals surface area contributed by atoms with Crippen LogP contribution in [0.25, 0.3) is 20.2 Å². The fraction of sp³-hybridized carbons (Fsp3) is 0.176. The van der Waals surface area contributed by atoms with E-state index < -0.39 is 6.10 Å². The number of hydrogen-bond acceptors (Lipinski definition) is 5. The van der Waals surface area contributed by atoms with Gasteiger partial charge in [-0.05, 0) is 24.3 Å². The van der Waals surface area contributed by atoms with Crippen LogP contribution in [-0.2, 0) is 9.53 Å². The van der Waals surface area contributed by atoms with Crippen molar-refractivity contribution in [3.05, 3.63) is 48.0 Å². The molecule has 5 heteroatoms. The Morgan fingerprint density at radius 3 is 2.82 bits per heavy atom. The van der Waals surface area contributed by atoms with E-state index in [1.54, 1.807) is 11.3 Å². The number of ketones is 1. The third kappa shape index (κ3) is 2.19. The molecule has 4 nitrogen and oxygen atoms in total. The number of thiophene rings is 1. The van der Waals surface area contributed by atoms with Crippen molar-refractivity contribution in [3.8, 4) is 0 Å². The molecule has 3 aromatic rings. The van der Waals surface area contributed by atoms with Gasteiger partial charge in [-0.3, -0.25) is 9.59 Å². The third-order valence-electron chi connectivity index (χ3n) is 3.83. The van der Waals surface area contributed by atoms with Gasteiger partial charge < -0.3 is 10.1 Å². The number of nitrogens with one attached hydrogen (secondary N) is 1. The predicted molar refractivity (Wildman–Crippen MR) is 86.4 cm³/mol. The minimum Gasteiger partial charge on any atom is -0.452 e. The summed E-state index contributed by atoms with van der Waals surface area (Å²) >= 11 is 1.71. The van der Waals surface area contributed by atoms with Gasteiger partial charge in [0, 0.05) is 32.3 Å². The lowest BCUT2D eigenvalue weighted by molar-refractivity contribution is -0.148. The second-order valence-electron chi connectivity index (χ2n) is 5.28.